The number of hydrogen-bond donors (Lipinski definition) is 2. The van der Waals surface area contributed by atoms with Crippen LogP contribution < -0.4 is 11.1 Å². The monoisotopic (exact) mass is 226 g/mol. The Morgan fingerprint density at radius 1 is 1.12 bits per heavy atom. The van der Waals surface area contributed by atoms with Gasteiger partial charge in [0.2, 0.25) is 0 Å². The second-order valence-corrected chi connectivity index (χ2v) is 4.35. The molecule has 1 aromatic carbocycles. The van der Waals surface area contributed by atoms with E-state index in [9.17, 15) is 0 Å². The Balaban J connectivity index is 1.74. The maximum atomic E-state index is 5.63. The fraction of sp³-hybridized carbons (Fsp3) is 0.231. The van der Waals surface area contributed by atoms with Crippen LogP contribution in [0.25, 0.3) is 0 Å². The van der Waals surface area contributed by atoms with Crippen LogP contribution in [0.15, 0.2) is 36.7 Å². The highest BCUT2D eigenvalue weighted by Crippen LogP contribution is 2.23. The van der Waals surface area contributed by atoms with Gasteiger partial charge in [0.25, 0.3) is 0 Å². The molecule has 0 fully saturated rings. The topological polar surface area (TPSA) is 63.8 Å². The van der Waals surface area contributed by atoms with E-state index >= 15 is 0 Å². The predicted molar refractivity (Wildman–Crippen MR) is 67.7 cm³/mol. The van der Waals surface area contributed by atoms with Gasteiger partial charge in [-0.05, 0) is 24.0 Å². The van der Waals surface area contributed by atoms with Crippen LogP contribution in [0.4, 0.5) is 11.6 Å². The van der Waals surface area contributed by atoms with Crippen molar-refractivity contribution >= 4 is 11.6 Å². The molecule has 0 unspecified atom stereocenters. The molecule has 0 amide bonds. The summed E-state index contributed by atoms with van der Waals surface area (Å²) in [4.78, 5) is 8.04. The van der Waals surface area contributed by atoms with Crippen molar-refractivity contribution in [3.8, 4) is 0 Å². The molecule has 0 saturated carbocycles. The molecule has 0 aliphatic heterocycles. The van der Waals surface area contributed by atoms with Crippen LogP contribution in [-0.2, 0) is 12.8 Å². The van der Waals surface area contributed by atoms with Gasteiger partial charge in [-0.2, -0.15) is 0 Å². The minimum atomic E-state index is 0.404. The van der Waals surface area contributed by atoms with Crippen molar-refractivity contribution in [3.63, 3.8) is 0 Å². The third-order valence-corrected chi connectivity index (χ3v) is 3.09. The largest absolute Gasteiger partial charge is 0.384 e. The number of rotatable bonds is 2. The summed E-state index contributed by atoms with van der Waals surface area (Å²) in [6.45, 7) is 0. The van der Waals surface area contributed by atoms with Gasteiger partial charge in [-0.15, -0.1) is 0 Å². The summed E-state index contributed by atoms with van der Waals surface area (Å²) in [5, 5.41) is 3.40. The number of nitrogen functional groups attached to an aromatic ring is 1. The number of aromatic nitrogens is 2. The lowest BCUT2D eigenvalue weighted by molar-refractivity contribution is 0.768. The summed E-state index contributed by atoms with van der Waals surface area (Å²) in [6.07, 6.45) is 3.57. The van der Waals surface area contributed by atoms with E-state index in [4.69, 9.17) is 5.73 Å². The molecule has 0 atom stereocenters. The van der Waals surface area contributed by atoms with Gasteiger partial charge in [-0.25, -0.2) is 9.97 Å². The Morgan fingerprint density at radius 2 is 1.82 bits per heavy atom. The zero-order chi connectivity index (χ0) is 11.7. The molecule has 1 aliphatic rings. The van der Waals surface area contributed by atoms with Gasteiger partial charge < -0.3 is 11.1 Å². The van der Waals surface area contributed by atoms with Gasteiger partial charge >= 0.3 is 0 Å². The summed E-state index contributed by atoms with van der Waals surface area (Å²) in [6, 6.07) is 10.7. The van der Waals surface area contributed by atoms with Crippen molar-refractivity contribution < 1.29 is 0 Å². The molecule has 1 aromatic heterocycles. The first-order valence-electron chi connectivity index (χ1n) is 5.72. The van der Waals surface area contributed by atoms with Crippen LogP contribution >= 0.6 is 0 Å². The molecule has 4 nitrogen and oxygen atoms in total. The van der Waals surface area contributed by atoms with Crippen LogP contribution in [-0.4, -0.2) is 16.0 Å². The Kier molecular flexibility index (Phi) is 2.40. The molecule has 0 radical (unpaired) electrons. The van der Waals surface area contributed by atoms with Crippen molar-refractivity contribution in [1.29, 1.82) is 0 Å². The Morgan fingerprint density at radius 3 is 2.47 bits per heavy atom. The third kappa shape index (κ3) is 2.06. The molecular weight excluding hydrogens is 212 g/mol. The molecule has 2 aromatic rings. The summed E-state index contributed by atoms with van der Waals surface area (Å²) in [5.41, 5.74) is 8.47. The highest BCUT2D eigenvalue weighted by molar-refractivity contribution is 5.46. The summed E-state index contributed by atoms with van der Waals surface area (Å²) in [7, 11) is 0. The van der Waals surface area contributed by atoms with Crippen molar-refractivity contribution in [1.82, 2.24) is 9.97 Å². The number of hydrogen-bond acceptors (Lipinski definition) is 4. The smallest absolute Gasteiger partial charge is 0.131 e. The number of nitrogens with two attached hydrogens (primary N) is 1. The standard InChI is InChI=1S/C13H14N4/c14-12-7-13(16-8-15-12)17-11-5-9-3-1-2-4-10(9)6-11/h1-4,7-8,11H,5-6H2,(H3,14,15,16,17). The van der Waals surface area contributed by atoms with Crippen molar-refractivity contribution in [2.75, 3.05) is 11.1 Å². The molecule has 0 saturated heterocycles. The lowest BCUT2D eigenvalue weighted by Crippen LogP contribution is -2.20. The van der Waals surface area contributed by atoms with Crippen LogP contribution in [0.5, 0.6) is 0 Å². The molecule has 1 aliphatic carbocycles. The zero-order valence-corrected chi connectivity index (χ0v) is 9.43. The SMILES string of the molecule is Nc1cc(NC2Cc3ccccc3C2)ncn1. The van der Waals surface area contributed by atoms with Gasteiger partial charge in [0.05, 0.1) is 0 Å². The van der Waals surface area contributed by atoms with E-state index in [1.165, 1.54) is 17.5 Å². The summed E-state index contributed by atoms with van der Waals surface area (Å²) >= 11 is 0. The van der Waals surface area contributed by atoms with Gasteiger partial charge in [0.1, 0.15) is 18.0 Å². The molecular formula is C13H14N4. The van der Waals surface area contributed by atoms with Gasteiger partial charge in [0.15, 0.2) is 0 Å². The van der Waals surface area contributed by atoms with Crippen molar-refractivity contribution in [2.45, 2.75) is 18.9 Å². The number of fused-ring (bicyclic) bond motifs is 1. The molecule has 17 heavy (non-hydrogen) atoms. The molecule has 1 heterocycles. The van der Waals surface area contributed by atoms with Gasteiger partial charge in [0, 0.05) is 12.1 Å². The van der Waals surface area contributed by atoms with Crippen LogP contribution in [0.3, 0.4) is 0 Å². The van der Waals surface area contributed by atoms with E-state index < -0.39 is 0 Å². The second-order valence-electron chi connectivity index (χ2n) is 4.35. The highest BCUT2D eigenvalue weighted by Gasteiger charge is 2.20. The maximum absolute atomic E-state index is 5.63. The second kappa shape index (κ2) is 4.05. The molecule has 0 spiro atoms. The molecule has 4 heteroatoms. The van der Waals surface area contributed by atoms with Gasteiger partial charge in [-0.1, -0.05) is 24.3 Å². The van der Waals surface area contributed by atoms with Crippen LogP contribution in [0.2, 0.25) is 0 Å². The highest BCUT2D eigenvalue weighted by atomic mass is 15.0. The van der Waals surface area contributed by atoms with E-state index in [0.29, 0.717) is 11.9 Å². The maximum Gasteiger partial charge on any atom is 0.131 e. The number of nitrogens with one attached hydrogen (secondary N) is 1. The first kappa shape index (κ1) is 10.1. The van der Waals surface area contributed by atoms with Gasteiger partial charge in [-0.3, -0.25) is 0 Å². The summed E-state index contributed by atoms with van der Waals surface area (Å²) < 4.78 is 0. The van der Waals surface area contributed by atoms with E-state index in [1.807, 2.05) is 0 Å². The third-order valence-electron chi connectivity index (χ3n) is 3.09. The molecule has 3 rings (SSSR count). The average Bonchev–Trinajstić information content (AvgIpc) is 2.71. The van der Waals surface area contributed by atoms with E-state index in [0.717, 1.165) is 18.7 Å². The van der Waals surface area contributed by atoms with E-state index in [2.05, 4.69) is 39.6 Å². The number of nitrogens with zero attached hydrogens (tertiary/aromatic N) is 2. The van der Waals surface area contributed by atoms with Crippen LogP contribution in [0, 0.1) is 0 Å². The minimum absolute atomic E-state index is 0.404. The van der Waals surface area contributed by atoms with Crippen molar-refractivity contribution in [2.24, 2.45) is 0 Å². The first-order chi connectivity index (χ1) is 8.31. The minimum Gasteiger partial charge on any atom is -0.384 e. The normalized spacial score (nSPS) is 14.6. The van der Waals surface area contributed by atoms with Crippen LogP contribution in [0.1, 0.15) is 11.1 Å². The molecule has 3 N–H and O–H groups in total. The lowest BCUT2D eigenvalue weighted by Gasteiger charge is -2.12. The lowest BCUT2D eigenvalue weighted by atomic mass is 10.1. The Hall–Kier alpha value is -2.10. The molecule has 86 valence electrons. The Bertz CT molecular complexity index is 513. The fourth-order valence-electron chi connectivity index (χ4n) is 2.32. The Labute approximate surface area is 99.9 Å². The predicted octanol–water partition coefficient (Wildman–Crippen LogP) is 1.64. The first-order valence-corrected chi connectivity index (χ1v) is 5.72. The van der Waals surface area contributed by atoms with E-state index in [1.54, 1.807) is 6.07 Å². The molecule has 0 bridgehead atoms. The van der Waals surface area contributed by atoms with Crippen molar-refractivity contribution in [3.05, 3.63) is 47.8 Å². The average molecular weight is 226 g/mol. The quantitative estimate of drug-likeness (QED) is 0.817. The van der Waals surface area contributed by atoms with E-state index in [-0.39, 0.29) is 0 Å². The zero-order valence-electron chi connectivity index (χ0n) is 9.43. The summed E-state index contributed by atoms with van der Waals surface area (Å²) in [5.74, 6) is 1.30. The fourth-order valence-corrected chi connectivity index (χ4v) is 2.32. The number of anilines is 2. The number of benzene rings is 1.